The van der Waals surface area contributed by atoms with Gasteiger partial charge in [-0.3, -0.25) is 0 Å². The molecule has 0 N–H and O–H groups in total. The van der Waals surface area contributed by atoms with E-state index < -0.39 is 16.1 Å². The van der Waals surface area contributed by atoms with Crippen molar-refractivity contribution in [2.24, 2.45) is 11.8 Å². The zero-order chi connectivity index (χ0) is 37.9. The Morgan fingerprint density at radius 3 is 1.44 bits per heavy atom. The summed E-state index contributed by atoms with van der Waals surface area (Å²) in [6.45, 7) is 23.5. The number of aromatic nitrogens is 3. The van der Waals surface area contributed by atoms with Crippen molar-refractivity contribution in [2.45, 2.75) is 79.8 Å². The number of rotatable bonds is 9. The largest absolute Gasteiger partial charge is 0.351 e. The van der Waals surface area contributed by atoms with E-state index in [-0.39, 0.29) is 20.1 Å². The first-order valence-electron chi connectivity index (χ1n) is 19.2. The van der Waals surface area contributed by atoms with Crippen LogP contribution in [0.15, 0.2) is 116 Å². The van der Waals surface area contributed by atoms with Crippen LogP contribution >= 0.6 is 0 Å². The van der Waals surface area contributed by atoms with Gasteiger partial charge in [-0.2, -0.15) is 0 Å². The average molecular weight is 922 g/mol. The van der Waals surface area contributed by atoms with Crippen LogP contribution < -0.4 is 10.4 Å². The van der Waals surface area contributed by atoms with Crippen molar-refractivity contribution in [1.29, 1.82) is 0 Å². The van der Waals surface area contributed by atoms with E-state index in [1.807, 2.05) is 18.2 Å². The standard InChI is InChI=1S/C30H31N2Si.C18H24NSi.Ir/c1-21(2)18-23-19-27(31-20-30(23)33(3,4)5)22-14-16-24(17-15-22)32-28-12-8-6-10-25(28)26-11-7-9-13-29(26)32;1-14(2)11-16-12-17(15-9-7-6-8-10-15)19-13-18(16)20(3,4)5;/h6-14,16-17,19-21H,18H2,1-5H3;6-9,12-14H,11H2,1-5H3;/q2*-1;. The summed E-state index contributed by atoms with van der Waals surface area (Å²) in [5.74, 6) is 1.29. The Kier molecular flexibility index (Phi) is 13.2. The number of hydrogen-bond donors (Lipinski definition) is 0. The third-order valence-electron chi connectivity index (χ3n) is 9.75. The predicted molar refractivity (Wildman–Crippen MR) is 234 cm³/mol. The molecule has 4 aromatic carbocycles. The van der Waals surface area contributed by atoms with Gasteiger partial charge in [0.1, 0.15) is 0 Å². The van der Waals surface area contributed by atoms with E-state index in [9.17, 15) is 0 Å². The van der Waals surface area contributed by atoms with Gasteiger partial charge in [-0.25, -0.2) is 0 Å². The molecule has 3 aromatic heterocycles. The minimum absolute atomic E-state index is 0. The smallest absolute Gasteiger partial charge is 0.0798 e. The fourth-order valence-electron chi connectivity index (χ4n) is 7.33. The van der Waals surface area contributed by atoms with E-state index in [0.717, 1.165) is 41.0 Å². The number of pyridine rings is 2. The molecule has 7 aromatic rings. The minimum Gasteiger partial charge on any atom is -0.351 e. The Balaban J connectivity index is 0.000000230. The van der Waals surface area contributed by atoms with Gasteiger partial charge in [-0.05, 0) is 64.3 Å². The van der Waals surface area contributed by atoms with Crippen molar-refractivity contribution in [3.05, 3.63) is 139 Å². The average Bonchev–Trinajstić information content (AvgIpc) is 3.45. The molecule has 0 unspecified atom stereocenters. The van der Waals surface area contributed by atoms with Gasteiger partial charge in [-0.1, -0.05) is 127 Å². The molecular formula is C48H55IrN3Si2-2. The molecule has 0 amide bonds. The predicted octanol–water partition coefficient (Wildman–Crippen LogP) is 11.7. The second kappa shape index (κ2) is 17.2. The fourth-order valence-corrected chi connectivity index (χ4v) is 10.5. The van der Waals surface area contributed by atoms with E-state index >= 15 is 0 Å². The quantitative estimate of drug-likeness (QED) is 0.107. The summed E-state index contributed by atoms with van der Waals surface area (Å²) in [4.78, 5) is 9.56. The first-order valence-corrected chi connectivity index (χ1v) is 26.2. The monoisotopic (exact) mass is 922 g/mol. The molecule has 0 aliphatic carbocycles. The van der Waals surface area contributed by atoms with Crippen LogP contribution in [-0.2, 0) is 32.9 Å². The first kappa shape index (κ1) is 41.2. The van der Waals surface area contributed by atoms with Crippen LogP contribution in [0, 0.1) is 24.0 Å². The summed E-state index contributed by atoms with van der Waals surface area (Å²) in [7, 11) is -2.78. The van der Waals surface area contributed by atoms with Crippen LogP contribution in [0.25, 0.3) is 50.0 Å². The maximum absolute atomic E-state index is 4.87. The van der Waals surface area contributed by atoms with Gasteiger partial charge in [0.2, 0.25) is 0 Å². The SMILES string of the molecule is CC(C)Cc1cc(-c2[c-]cc(-n3c4ccccc4c4ccccc43)cc2)ncc1[Si](C)(C)C.CC(C)Cc1cc(-c2[c-]cccc2)ncc1[Si](C)(C)C.[Ir]. The van der Waals surface area contributed by atoms with Gasteiger partial charge in [0.25, 0.3) is 0 Å². The molecule has 3 nitrogen and oxygen atoms in total. The molecule has 0 saturated carbocycles. The molecule has 3 heterocycles. The number of nitrogens with zero attached hydrogens (tertiary/aromatic N) is 3. The third kappa shape index (κ3) is 9.46. The summed E-state index contributed by atoms with van der Waals surface area (Å²) >= 11 is 0. The van der Waals surface area contributed by atoms with E-state index in [1.54, 1.807) is 0 Å². The van der Waals surface area contributed by atoms with Crippen LogP contribution in [0.3, 0.4) is 0 Å². The maximum atomic E-state index is 4.87. The summed E-state index contributed by atoms with van der Waals surface area (Å²) in [6, 6.07) is 43.1. The van der Waals surface area contributed by atoms with Crippen molar-refractivity contribution in [1.82, 2.24) is 14.5 Å². The van der Waals surface area contributed by atoms with Gasteiger partial charge in [0.15, 0.2) is 0 Å². The molecule has 6 heteroatoms. The van der Waals surface area contributed by atoms with Crippen LogP contribution in [0.5, 0.6) is 0 Å². The molecular weight excluding hydrogens is 867 g/mol. The Bertz CT molecular complexity index is 2260. The maximum Gasteiger partial charge on any atom is 0.0798 e. The number of benzene rings is 4. The van der Waals surface area contributed by atoms with E-state index in [1.165, 1.54) is 43.3 Å². The summed E-state index contributed by atoms with van der Waals surface area (Å²) in [6.07, 6.45) is 6.46. The molecule has 7 rings (SSSR count). The Hall–Kier alpha value is -3.94. The van der Waals surface area contributed by atoms with Crippen LogP contribution in [0.2, 0.25) is 39.3 Å². The minimum atomic E-state index is -1.44. The summed E-state index contributed by atoms with van der Waals surface area (Å²) in [5, 5.41) is 5.52. The van der Waals surface area contributed by atoms with Gasteiger partial charge >= 0.3 is 0 Å². The molecule has 0 bridgehead atoms. The van der Waals surface area contributed by atoms with Crippen molar-refractivity contribution in [2.75, 3.05) is 0 Å². The molecule has 0 atom stereocenters. The second-order valence-electron chi connectivity index (χ2n) is 17.3. The number of fused-ring (bicyclic) bond motifs is 3. The number of para-hydroxylation sites is 2. The topological polar surface area (TPSA) is 30.7 Å². The van der Waals surface area contributed by atoms with E-state index in [4.69, 9.17) is 4.98 Å². The molecule has 54 heavy (non-hydrogen) atoms. The second-order valence-corrected chi connectivity index (χ2v) is 27.3. The van der Waals surface area contributed by atoms with Crippen molar-refractivity contribution in [3.63, 3.8) is 0 Å². The molecule has 1 radical (unpaired) electrons. The molecule has 0 saturated heterocycles. The fraction of sp³-hybridized carbons (Fsp3) is 0.292. The van der Waals surface area contributed by atoms with Gasteiger partial charge < -0.3 is 14.5 Å². The normalized spacial score (nSPS) is 11.9. The van der Waals surface area contributed by atoms with Crippen LogP contribution in [-0.4, -0.2) is 30.7 Å². The van der Waals surface area contributed by atoms with E-state index in [0.29, 0.717) is 11.8 Å². The van der Waals surface area contributed by atoms with Crippen molar-refractivity contribution >= 4 is 48.3 Å². The Labute approximate surface area is 339 Å². The van der Waals surface area contributed by atoms with Crippen molar-refractivity contribution < 1.29 is 20.1 Å². The molecule has 281 valence electrons. The zero-order valence-electron chi connectivity index (χ0n) is 33.7. The molecule has 0 aliphatic rings. The van der Waals surface area contributed by atoms with Gasteiger partial charge in [-0.15, -0.1) is 65.7 Å². The summed E-state index contributed by atoms with van der Waals surface area (Å²) in [5.41, 5.74) is 10.7. The van der Waals surface area contributed by atoms with E-state index in [2.05, 4.69) is 186 Å². The molecule has 0 fully saturated rings. The molecule has 0 aliphatic heterocycles. The Morgan fingerprint density at radius 2 is 1.04 bits per heavy atom. The first-order chi connectivity index (χ1) is 25.2. The Morgan fingerprint density at radius 1 is 0.574 bits per heavy atom. The third-order valence-corrected chi connectivity index (χ3v) is 13.9. The van der Waals surface area contributed by atoms with Gasteiger partial charge in [0, 0.05) is 54.3 Å². The summed E-state index contributed by atoms with van der Waals surface area (Å²) < 4.78 is 2.33. The molecule has 0 spiro atoms. The zero-order valence-corrected chi connectivity index (χ0v) is 38.1. The number of hydrogen-bond acceptors (Lipinski definition) is 2. The van der Waals surface area contributed by atoms with Crippen LogP contribution in [0.4, 0.5) is 0 Å². The van der Waals surface area contributed by atoms with Crippen molar-refractivity contribution in [3.8, 4) is 28.2 Å². The van der Waals surface area contributed by atoms with Crippen LogP contribution in [0.1, 0.15) is 38.8 Å². The van der Waals surface area contributed by atoms with Gasteiger partial charge in [0.05, 0.1) is 16.1 Å².